The number of hydrogen-bond acceptors (Lipinski definition) is 28. The SMILES string of the molecule is CCOc1ccc(C2OCC3OC(OC4C(CO)OC(Oc5ccc(CC6NC(=O)C(C(C)c7ccccc7)NC(=O)CNC(=O)C(CO)NC(=O)C(C(O)C7CNC(=N)N7C7OC(CO)C(O)C(O)C7O)NC(=O)C(C(O)C7CNC(=N)N7)NC6=O)cc5)C(O)C4O)C(O)C(O)C3O2)cc1. The average Bonchev–Trinajstić information content (AvgIpc) is 1.76. The van der Waals surface area contributed by atoms with Crippen LogP contribution in [-0.2, 0) is 63.6 Å². The Kier molecular flexibility index (Phi) is 24.9. The van der Waals surface area contributed by atoms with Crippen LogP contribution in [0.5, 0.6) is 11.5 Å². The van der Waals surface area contributed by atoms with Crippen LogP contribution >= 0.6 is 0 Å². The maximum atomic E-state index is 15.2. The maximum absolute atomic E-state index is 15.2. The van der Waals surface area contributed by atoms with Gasteiger partial charge in [0.15, 0.2) is 30.7 Å². The quantitative estimate of drug-likeness (QED) is 0.0530. The topological polar surface area (TPSA) is 578 Å². The molecule has 6 amide bonds. The first-order chi connectivity index (χ1) is 48.3. The van der Waals surface area contributed by atoms with Gasteiger partial charge in [0.1, 0.15) is 127 Å². The van der Waals surface area contributed by atoms with Crippen LogP contribution in [0.4, 0.5) is 0 Å². The molecule has 7 heterocycles. The van der Waals surface area contributed by atoms with Crippen LogP contribution in [0, 0.1) is 10.8 Å². The average molecular weight is 1430 g/mol. The van der Waals surface area contributed by atoms with Crippen LogP contribution in [0.25, 0.3) is 0 Å². The summed E-state index contributed by atoms with van der Waals surface area (Å²) in [6, 6.07) is 7.76. The second kappa shape index (κ2) is 33.3. The van der Waals surface area contributed by atoms with Crippen molar-refractivity contribution in [3.8, 4) is 11.5 Å². The van der Waals surface area contributed by atoms with Crippen LogP contribution in [0.2, 0.25) is 0 Å². The monoisotopic (exact) mass is 1430 g/mol. The maximum Gasteiger partial charge on any atom is 0.246 e. The molecule has 0 bridgehead atoms. The van der Waals surface area contributed by atoms with E-state index in [0.29, 0.717) is 23.5 Å². The van der Waals surface area contributed by atoms with Gasteiger partial charge in [-0.15, -0.1) is 0 Å². The first-order valence-electron chi connectivity index (χ1n) is 32.7. The molecule has 0 aromatic heterocycles. The summed E-state index contributed by atoms with van der Waals surface area (Å²) in [4.78, 5) is 88.4. The van der Waals surface area contributed by atoms with E-state index in [2.05, 4.69) is 47.9 Å². The fourth-order valence-corrected chi connectivity index (χ4v) is 12.8. The Labute approximate surface area is 575 Å². The van der Waals surface area contributed by atoms with Crippen LogP contribution in [0.15, 0.2) is 78.9 Å². The van der Waals surface area contributed by atoms with Gasteiger partial charge in [0, 0.05) is 31.0 Å². The van der Waals surface area contributed by atoms with E-state index >= 15 is 9.59 Å². The van der Waals surface area contributed by atoms with E-state index in [9.17, 15) is 80.5 Å². The van der Waals surface area contributed by atoms with E-state index in [4.69, 9.17) is 48.7 Å². The Bertz CT molecular complexity index is 3370. The van der Waals surface area contributed by atoms with Gasteiger partial charge < -0.3 is 152 Å². The fraction of sp³-hybridized carbons (Fsp3) is 0.587. The van der Waals surface area contributed by atoms with Gasteiger partial charge in [0.05, 0.1) is 51.7 Å². The zero-order valence-corrected chi connectivity index (χ0v) is 54.4. The van der Waals surface area contributed by atoms with Gasteiger partial charge in [-0.1, -0.05) is 61.5 Å². The molecular formula is C63H86N12O26. The molecule has 554 valence electrons. The highest BCUT2D eigenvalue weighted by atomic mass is 16.8. The lowest BCUT2D eigenvalue weighted by Crippen LogP contribution is -2.69. The minimum absolute atomic E-state index is 0.0532. The molecule has 101 heavy (non-hydrogen) atoms. The van der Waals surface area contributed by atoms with Crippen LogP contribution < -0.4 is 57.3 Å². The van der Waals surface area contributed by atoms with Crippen molar-refractivity contribution in [1.29, 1.82) is 10.8 Å². The number of fused-ring (bicyclic) bond motifs is 1. The smallest absolute Gasteiger partial charge is 0.246 e. The molecule has 0 aliphatic carbocycles. The lowest BCUT2D eigenvalue weighted by Gasteiger charge is -2.48. The summed E-state index contributed by atoms with van der Waals surface area (Å²) < 4.78 is 46.9. The lowest BCUT2D eigenvalue weighted by atomic mass is 9.92. The predicted molar refractivity (Wildman–Crippen MR) is 340 cm³/mol. The van der Waals surface area contributed by atoms with Gasteiger partial charge in [0.2, 0.25) is 41.7 Å². The molecule has 38 heteroatoms. The van der Waals surface area contributed by atoms with Crippen LogP contribution in [0.3, 0.4) is 0 Å². The van der Waals surface area contributed by atoms with E-state index in [0.717, 1.165) is 4.90 Å². The first kappa shape index (κ1) is 75.6. The number of ether oxygens (including phenoxy) is 8. The third-order valence-electron chi connectivity index (χ3n) is 18.5. The third kappa shape index (κ3) is 17.0. The number of rotatable bonds is 19. The molecule has 0 radical (unpaired) electrons. The van der Waals surface area contributed by atoms with E-state index in [-0.39, 0.29) is 30.4 Å². The molecule has 0 saturated carbocycles. The van der Waals surface area contributed by atoms with Crippen molar-refractivity contribution in [3.05, 3.63) is 95.6 Å². The molecule has 0 spiro atoms. The standard InChI is InChI=1S/C63H86N12O26/c1-3-94-29-15-11-28(12-16-29)59-95-24-37-52(100-59)47(85)50(88)61(99-37)101-51-36(23-78)98-60(49(87)46(51)84)96-30-13-9-26(10-14-30)17-31-54(90)73-40(42(80)32-18-67-62(64)71-32)57(93)74-41(43(81)34-19-68-63(65)75(34)58-48(86)45(83)44(82)35(22-77)97-58)56(92)70-33(21-76)53(89)66-20-38(79)72-39(55(91)69-31)25(2)27-7-5-4-6-8-27/h4-16,25,31-37,39-52,58-61,76-78,80-88H,3,17-24H2,1-2H3,(H2,65,68)(H,66,89)(H,69,91)(H,70,92)(H,72,79)(H,73,90)(H,74,93)(H3,64,67,71). The Balaban J connectivity index is 0.899. The third-order valence-corrected chi connectivity index (χ3v) is 18.5. The summed E-state index contributed by atoms with van der Waals surface area (Å²) in [5.74, 6) is -8.62. The summed E-state index contributed by atoms with van der Waals surface area (Å²) in [5, 5.41) is 173. The van der Waals surface area contributed by atoms with Crippen molar-refractivity contribution in [3.63, 3.8) is 0 Å². The molecule has 3 aromatic rings. The first-order valence-corrected chi connectivity index (χ1v) is 32.7. The number of nitrogens with one attached hydrogen (secondary N) is 11. The Morgan fingerprint density at radius 1 is 0.584 bits per heavy atom. The molecule has 26 atom stereocenters. The molecule has 7 aliphatic heterocycles. The van der Waals surface area contributed by atoms with Crippen molar-refractivity contribution in [2.24, 2.45) is 0 Å². The molecule has 26 unspecified atom stereocenters. The van der Waals surface area contributed by atoms with Crippen molar-refractivity contribution in [1.82, 2.24) is 52.8 Å². The molecule has 10 rings (SSSR count). The van der Waals surface area contributed by atoms with Gasteiger partial charge in [-0.3, -0.25) is 39.6 Å². The number of carbonyl (C=O) groups is 6. The van der Waals surface area contributed by atoms with E-state index in [1.807, 2.05) is 6.92 Å². The number of aliphatic hydroxyl groups is 12. The van der Waals surface area contributed by atoms with Crippen LogP contribution in [-0.4, -0.2) is 313 Å². The van der Waals surface area contributed by atoms with E-state index in [1.165, 1.54) is 24.3 Å². The van der Waals surface area contributed by atoms with Crippen molar-refractivity contribution < 1.29 is 128 Å². The zero-order valence-electron chi connectivity index (χ0n) is 54.4. The van der Waals surface area contributed by atoms with E-state index < -0.39 is 239 Å². The minimum atomic E-state index is -2.36. The molecule has 3 aromatic carbocycles. The molecule has 38 nitrogen and oxygen atoms in total. The number of benzene rings is 3. The second-order valence-corrected chi connectivity index (χ2v) is 25.2. The highest BCUT2D eigenvalue weighted by Gasteiger charge is 2.56. The minimum Gasteiger partial charge on any atom is -0.494 e. The summed E-state index contributed by atoms with van der Waals surface area (Å²) in [6.07, 6.45) is -31.0. The number of hydrogen-bond donors (Lipinski definition) is 23. The lowest BCUT2D eigenvalue weighted by molar-refractivity contribution is -0.383. The highest BCUT2D eigenvalue weighted by Crippen LogP contribution is 2.37. The largest absolute Gasteiger partial charge is 0.494 e. The molecule has 23 N–H and O–H groups in total. The predicted octanol–water partition coefficient (Wildman–Crippen LogP) is -10.0. The highest BCUT2D eigenvalue weighted by molar-refractivity contribution is 5.98. The number of amides is 6. The van der Waals surface area contributed by atoms with Gasteiger partial charge >= 0.3 is 0 Å². The second-order valence-electron chi connectivity index (χ2n) is 25.2. The Hall–Kier alpha value is -8.10. The van der Waals surface area contributed by atoms with Crippen molar-refractivity contribution >= 4 is 47.4 Å². The Morgan fingerprint density at radius 2 is 1.23 bits per heavy atom. The number of nitrogens with zero attached hydrogens (tertiary/aromatic N) is 1. The molecule has 7 saturated heterocycles. The van der Waals surface area contributed by atoms with Crippen molar-refractivity contribution in [2.45, 2.75) is 179 Å². The normalized spacial score (nSPS) is 36.3. The van der Waals surface area contributed by atoms with Gasteiger partial charge in [0.25, 0.3) is 0 Å². The Morgan fingerprint density at radius 3 is 1.89 bits per heavy atom. The summed E-state index contributed by atoms with van der Waals surface area (Å²) >= 11 is 0. The number of carbonyl (C=O) groups excluding carboxylic acids is 6. The van der Waals surface area contributed by atoms with Crippen molar-refractivity contribution in [2.75, 3.05) is 52.7 Å². The molecular weight excluding hydrogens is 1340 g/mol. The number of guanidine groups is 2. The fourth-order valence-electron chi connectivity index (χ4n) is 12.8. The molecule has 7 aliphatic rings. The van der Waals surface area contributed by atoms with E-state index in [1.54, 1.807) is 61.5 Å². The van der Waals surface area contributed by atoms with Gasteiger partial charge in [-0.2, -0.15) is 0 Å². The van der Waals surface area contributed by atoms with Crippen LogP contribution in [0.1, 0.15) is 42.7 Å². The molecule has 7 fully saturated rings. The van der Waals surface area contributed by atoms with Gasteiger partial charge in [-0.05, 0) is 42.3 Å². The summed E-state index contributed by atoms with van der Waals surface area (Å²) in [6.45, 7) is -0.851. The number of aliphatic hydroxyl groups excluding tert-OH is 12. The summed E-state index contributed by atoms with van der Waals surface area (Å²) in [7, 11) is 0. The van der Waals surface area contributed by atoms with Gasteiger partial charge in [-0.25, -0.2) is 0 Å². The summed E-state index contributed by atoms with van der Waals surface area (Å²) in [5.41, 5.74) is 1.32. The zero-order chi connectivity index (χ0) is 72.7.